The fourth-order valence-electron chi connectivity index (χ4n) is 2.79. The Morgan fingerprint density at radius 2 is 0.806 bits per heavy atom. The molecule has 0 aromatic carbocycles. The third-order valence-electron chi connectivity index (χ3n) is 6.39. The molecule has 0 saturated heterocycles. The van der Waals surface area contributed by atoms with Gasteiger partial charge in [0.15, 0.2) is 14.8 Å². The summed E-state index contributed by atoms with van der Waals surface area (Å²) in [5, 5.41) is 0. The van der Waals surface area contributed by atoms with Gasteiger partial charge in [-0.3, -0.25) is 0 Å². The minimum atomic E-state index is -2.22. The number of rotatable bonds is 18. The highest BCUT2D eigenvalue weighted by Crippen LogP contribution is 2.25. The molecular weight excluding hydrogens is 982 g/mol. The van der Waals surface area contributed by atoms with Crippen LogP contribution in [-0.4, -0.2) is 87.1 Å². The average Bonchev–Trinajstić information content (AvgIpc) is 3.05. The Hall–Kier alpha value is -1.68. The van der Waals surface area contributed by atoms with Gasteiger partial charge in [-0.1, -0.05) is 72.1 Å². The lowest BCUT2D eigenvalue weighted by Crippen LogP contribution is -2.33. The van der Waals surface area contributed by atoms with Crippen molar-refractivity contribution in [3.8, 4) is 0 Å². The maximum absolute atomic E-state index is 11.4. The van der Waals surface area contributed by atoms with E-state index in [9.17, 15) is 24.0 Å². The van der Waals surface area contributed by atoms with Crippen LogP contribution in [0.25, 0.3) is 0 Å². The number of ether oxygens (including phenoxy) is 3. The fourth-order valence-corrected chi connectivity index (χ4v) is 7.44. The van der Waals surface area contributed by atoms with E-state index in [1.54, 1.807) is 53.8 Å². The molecule has 0 bridgehead atoms. The van der Waals surface area contributed by atoms with Gasteiger partial charge in [0.25, 0.3) is 0 Å². The Morgan fingerprint density at radius 1 is 0.532 bits per heavy atom. The van der Waals surface area contributed by atoms with E-state index in [0.717, 1.165) is 18.5 Å². The molecule has 0 aliphatic rings. The van der Waals surface area contributed by atoms with E-state index >= 15 is 0 Å². The molecule has 1 atom stereocenters. The first-order valence-electron chi connectivity index (χ1n) is 19.7. The summed E-state index contributed by atoms with van der Waals surface area (Å²) >= 11 is 28.9. The summed E-state index contributed by atoms with van der Waals surface area (Å²) in [6.45, 7) is 51.6. The molecule has 0 radical (unpaired) electrons. The number of carbonyl (C=O) groups excluding carboxylic acids is 5. The molecule has 0 aliphatic heterocycles. The van der Waals surface area contributed by atoms with Crippen LogP contribution in [0.15, 0.2) is 73.4 Å². The van der Waals surface area contributed by atoms with E-state index in [1.807, 2.05) is 53.1 Å². The molecule has 0 saturated carbocycles. The molecule has 0 aliphatic carbocycles. The second-order valence-electron chi connectivity index (χ2n) is 16.8. The highest BCUT2D eigenvalue weighted by Gasteiger charge is 2.28. The van der Waals surface area contributed by atoms with Gasteiger partial charge < -0.3 is 23.1 Å². The first kappa shape index (κ1) is 71.9. The zero-order valence-electron chi connectivity index (χ0n) is 40.8. The van der Waals surface area contributed by atoms with Gasteiger partial charge in [0, 0.05) is 27.9 Å². The van der Waals surface area contributed by atoms with Crippen molar-refractivity contribution in [2.45, 2.75) is 144 Å². The van der Waals surface area contributed by atoms with Gasteiger partial charge in [0.1, 0.15) is 0 Å². The predicted molar refractivity (Wildman–Crippen MR) is 280 cm³/mol. The number of hydrogen-bond acceptors (Lipinski definition) is 10. The lowest BCUT2D eigenvalue weighted by molar-refractivity contribution is -0.139. The Balaban J connectivity index is -0.000000161. The zero-order chi connectivity index (χ0) is 51.0. The summed E-state index contributed by atoms with van der Waals surface area (Å²) in [7, 11) is -7.47. The minimum Gasteiger partial charge on any atom is -0.516 e. The molecule has 0 fully saturated rings. The molecule has 0 heterocycles. The van der Waals surface area contributed by atoms with Crippen LogP contribution in [0, 0.1) is 0 Å². The molecule has 0 amide bonds. The Bertz CT molecular complexity index is 1460. The van der Waals surface area contributed by atoms with Crippen LogP contribution in [0.3, 0.4) is 0 Å². The van der Waals surface area contributed by atoms with Gasteiger partial charge in [0.2, 0.25) is 15.0 Å². The predicted octanol–water partition coefficient (Wildman–Crippen LogP) is 14.1. The van der Waals surface area contributed by atoms with Crippen LogP contribution in [0.2, 0.25) is 83.1 Å². The normalized spacial score (nSPS) is 11.2. The second-order valence-corrected chi connectivity index (χ2v) is 49.6. The van der Waals surface area contributed by atoms with E-state index in [0.29, 0.717) is 54.1 Å². The van der Waals surface area contributed by atoms with Crippen LogP contribution in [-0.2, 0) is 47.0 Å². The largest absolute Gasteiger partial charge is 0.516 e. The van der Waals surface area contributed by atoms with Crippen LogP contribution < -0.4 is 0 Å². The number of halogens is 5. The Morgan fingerprint density at radius 3 is 1.05 bits per heavy atom. The lowest BCUT2D eigenvalue weighted by atomic mass is 10.4. The third-order valence-corrected chi connectivity index (χ3v) is 15.3. The van der Waals surface area contributed by atoms with Crippen LogP contribution in [0.5, 0.6) is 0 Å². The topological polar surface area (TPSA) is 132 Å². The average molecular weight is 1060 g/mol. The standard InChI is InChI=1S/C13H22O4Si.2C9H17ClO2Si.C6H11ClO2Si.C3H6.C2H6Cl2Si/c1-10(2)12(14)16-8-7-9-18(5,6)17-13(15)11(3)4;1-7(2)9(11)12-6-8(3)13(4,5)10;1-8(2)9(11)12-6-5-7-13(3,4)10;1-5(2)6(8)9-10(3,4)7;1-3-2;1-5(2,3)4/h1,3,7-9H2,2,4-6H3;8H,1,6H2,2-5H3;1,5-7H2,2-4H3;1H2,2-4H3;3H,1H2,2H3;1-2H3. The molecule has 0 spiro atoms. The summed E-state index contributed by atoms with van der Waals surface area (Å²) in [5.41, 5.74) is 2.33. The van der Waals surface area contributed by atoms with Gasteiger partial charge >= 0.3 is 37.5 Å². The summed E-state index contributed by atoms with van der Waals surface area (Å²) in [4.78, 5) is 55.3. The first-order valence-corrected chi connectivity index (χ1v) is 40.1. The maximum Gasteiger partial charge on any atom is 0.345 e. The zero-order valence-corrected chi connectivity index (χ0v) is 49.6. The van der Waals surface area contributed by atoms with Crippen molar-refractivity contribution < 1.29 is 47.0 Å². The van der Waals surface area contributed by atoms with Crippen molar-refractivity contribution >= 4 is 123 Å². The van der Waals surface area contributed by atoms with Gasteiger partial charge in [0.05, 0.1) is 19.8 Å². The molecule has 1 unspecified atom stereocenters. The smallest absolute Gasteiger partial charge is 0.345 e. The molecule has 362 valence electrons. The van der Waals surface area contributed by atoms with E-state index in [2.05, 4.69) is 52.6 Å². The summed E-state index contributed by atoms with van der Waals surface area (Å²) < 4.78 is 25.2. The van der Waals surface area contributed by atoms with Crippen LogP contribution in [0.1, 0.15) is 61.3 Å². The molecule has 62 heavy (non-hydrogen) atoms. The quantitative estimate of drug-likeness (QED) is 0.0249. The highest BCUT2D eigenvalue weighted by molar-refractivity contribution is 7.44. The number of esters is 3. The lowest BCUT2D eigenvalue weighted by Gasteiger charge is -2.22. The molecule has 0 aromatic heterocycles. The van der Waals surface area contributed by atoms with Crippen molar-refractivity contribution in [2.24, 2.45) is 0 Å². The summed E-state index contributed by atoms with van der Waals surface area (Å²) in [6.07, 6.45) is 3.28. The van der Waals surface area contributed by atoms with E-state index < -0.39 is 43.4 Å². The molecule has 20 heteroatoms. The third kappa shape index (κ3) is 62.6. The molecule has 0 aromatic rings. The highest BCUT2D eigenvalue weighted by atomic mass is 35.7. The van der Waals surface area contributed by atoms with Crippen molar-refractivity contribution in [1.29, 1.82) is 0 Å². The van der Waals surface area contributed by atoms with Crippen molar-refractivity contribution in [3.63, 3.8) is 0 Å². The number of hydrogen-bond donors (Lipinski definition) is 0. The molecular formula is C42H79Cl5O10Si5. The number of allylic oxidation sites excluding steroid dienone is 1. The van der Waals surface area contributed by atoms with Crippen LogP contribution in [0.4, 0.5) is 0 Å². The SMILES string of the molecule is C=C(C)C(=O)OCC(C)[Si](C)(C)Cl.C=C(C)C(=O)OCCC[Si](C)(C)Cl.C=C(C)C(=O)OCCC[Si](C)(C)OC(=O)C(=C)C.C=C(C)C(=O)O[Si](C)(C)Cl.C=CC.C[Si](C)(Cl)Cl. The minimum absolute atomic E-state index is 0.262. The molecule has 0 N–H and O–H groups in total. The van der Waals surface area contributed by atoms with Gasteiger partial charge in [-0.2, -0.15) is 22.2 Å². The fraction of sp³-hybridized carbons (Fsp3) is 0.595. The Labute approximate surface area is 404 Å². The summed E-state index contributed by atoms with van der Waals surface area (Å²) in [5.74, 6) is -1.76. The van der Waals surface area contributed by atoms with Crippen molar-refractivity contribution in [2.75, 3.05) is 19.8 Å². The van der Waals surface area contributed by atoms with Crippen molar-refractivity contribution in [3.05, 3.63) is 73.4 Å². The van der Waals surface area contributed by atoms with E-state index in [-0.39, 0.29) is 29.4 Å². The number of carbonyl (C=O) groups is 5. The van der Waals surface area contributed by atoms with Gasteiger partial charge in [-0.25, -0.2) is 24.0 Å². The van der Waals surface area contributed by atoms with E-state index in [4.69, 9.17) is 78.5 Å². The first-order chi connectivity index (χ1) is 27.5. The van der Waals surface area contributed by atoms with E-state index in [1.165, 1.54) is 0 Å². The van der Waals surface area contributed by atoms with Crippen LogP contribution >= 0.6 is 55.4 Å². The molecule has 0 rings (SSSR count). The second kappa shape index (κ2) is 36.5. The molecule has 10 nitrogen and oxygen atoms in total. The van der Waals surface area contributed by atoms with Gasteiger partial charge in [-0.15, -0.1) is 39.8 Å². The summed E-state index contributed by atoms with van der Waals surface area (Å²) in [6, 6.07) is 1.72. The Kier molecular flexibility index (Phi) is 42.4. The van der Waals surface area contributed by atoms with Crippen molar-refractivity contribution in [1.82, 2.24) is 0 Å². The monoisotopic (exact) mass is 1060 g/mol. The van der Waals surface area contributed by atoms with Gasteiger partial charge in [-0.05, 0) is 111 Å². The maximum atomic E-state index is 11.4.